The van der Waals surface area contributed by atoms with E-state index in [1.807, 2.05) is 0 Å². The number of ether oxygens (including phenoxy) is 1. The van der Waals surface area contributed by atoms with Gasteiger partial charge in [0.2, 0.25) is 0 Å². The lowest BCUT2D eigenvalue weighted by molar-refractivity contribution is -0.933. The standard InChI is InChI=1S/C17H36NO/c1-3-5-7-11-16-19-17-15-18(12-6-4-2)13-9-8-10-14-18/h3-17H2,1-2H3/q+1. The van der Waals surface area contributed by atoms with Gasteiger partial charge in [0.1, 0.15) is 6.54 Å². The fraction of sp³-hybridized carbons (Fsp3) is 1.00. The van der Waals surface area contributed by atoms with Crippen molar-refractivity contribution in [2.45, 2.75) is 71.6 Å². The predicted octanol–water partition coefficient (Wildman–Crippen LogP) is 4.38. The Balaban J connectivity index is 2.14. The van der Waals surface area contributed by atoms with E-state index in [4.69, 9.17) is 4.74 Å². The predicted molar refractivity (Wildman–Crippen MR) is 83.4 cm³/mol. The smallest absolute Gasteiger partial charge is 0.102 e. The van der Waals surface area contributed by atoms with Gasteiger partial charge >= 0.3 is 0 Å². The summed E-state index contributed by atoms with van der Waals surface area (Å²) in [5, 5.41) is 0. The molecule has 0 amide bonds. The van der Waals surface area contributed by atoms with Crippen LogP contribution >= 0.6 is 0 Å². The topological polar surface area (TPSA) is 9.23 Å². The quantitative estimate of drug-likeness (QED) is 0.400. The van der Waals surface area contributed by atoms with Crippen LogP contribution < -0.4 is 0 Å². The lowest BCUT2D eigenvalue weighted by atomic mass is 10.1. The fourth-order valence-corrected chi connectivity index (χ4v) is 3.23. The maximum Gasteiger partial charge on any atom is 0.102 e. The number of hydrogen-bond acceptors (Lipinski definition) is 1. The average molecular weight is 270 g/mol. The van der Waals surface area contributed by atoms with Crippen molar-refractivity contribution < 1.29 is 9.22 Å². The first kappa shape index (κ1) is 17.0. The highest BCUT2D eigenvalue weighted by molar-refractivity contribution is 4.55. The molecule has 2 heteroatoms. The Morgan fingerprint density at radius 2 is 1.47 bits per heavy atom. The van der Waals surface area contributed by atoms with Gasteiger partial charge < -0.3 is 9.22 Å². The molecule has 1 saturated heterocycles. The minimum atomic E-state index is 0.980. The van der Waals surface area contributed by atoms with Crippen molar-refractivity contribution in [3.63, 3.8) is 0 Å². The molecule has 0 radical (unpaired) electrons. The normalized spacial score (nSPS) is 18.6. The number of likely N-dealkylation sites (tertiary alicyclic amines) is 1. The van der Waals surface area contributed by atoms with Gasteiger partial charge in [-0.3, -0.25) is 0 Å². The Morgan fingerprint density at radius 1 is 0.737 bits per heavy atom. The number of hydrogen-bond donors (Lipinski definition) is 0. The van der Waals surface area contributed by atoms with E-state index in [0.29, 0.717) is 0 Å². The highest BCUT2D eigenvalue weighted by Gasteiger charge is 2.28. The zero-order valence-electron chi connectivity index (χ0n) is 13.5. The van der Waals surface area contributed by atoms with Crippen LogP contribution in [0, 0.1) is 0 Å². The summed E-state index contributed by atoms with van der Waals surface area (Å²) in [6, 6.07) is 0. The molecule has 1 aliphatic rings. The number of unbranched alkanes of at least 4 members (excludes halogenated alkanes) is 4. The molecule has 0 aromatic carbocycles. The molecule has 0 aromatic rings. The van der Waals surface area contributed by atoms with E-state index in [0.717, 1.165) is 13.2 Å². The summed E-state index contributed by atoms with van der Waals surface area (Å²) in [7, 11) is 0. The summed E-state index contributed by atoms with van der Waals surface area (Å²) in [5.74, 6) is 0. The first-order valence-electron chi connectivity index (χ1n) is 8.76. The highest BCUT2D eigenvalue weighted by Crippen LogP contribution is 2.19. The second-order valence-electron chi connectivity index (χ2n) is 6.32. The van der Waals surface area contributed by atoms with Crippen molar-refractivity contribution in [3.05, 3.63) is 0 Å². The third kappa shape index (κ3) is 7.31. The number of quaternary nitrogens is 1. The molecular weight excluding hydrogens is 234 g/mol. The van der Waals surface area contributed by atoms with Crippen molar-refractivity contribution in [1.82, 2.24) is 0 Å². The van der Waals surface area contributed by atoms with Crippen LogP contribution in [-0.2, 0) is 4.74 Å². The van der Waals surface area contributed by atoms with Crippen LogP contribution in [0.5, 0.6) is 0 Å². The third-order valence-electron chi connectivity index (χ3n) is 4.60. The average Bonchev–Trinajstić information content (AvgIpc) is 2.45. The van der Waals surface area contributed by atoms with E-state index < -0.39 is 0 Å². The highest BCUT2D eigenvalue weighted by atomic mass is 16.5. The van der Waals surface area contributed by atoms with Crippen LogP contribution in [0.2, 0.25) is 0 Å². The SMILES string of the molecule is CCCCCCOCC[N+]1(CCCC)CCCCC1. The van der Waals surface area contributed by atoms with E-state index in [1.54, 1.807) is 0 Å². The lowest BCUT2D eigenvalue weighted by Gasteiger charge is -2.41. The van der Waals surface area contributed by atoms with E-state index in [2.05, 4.69) is 13.8 Å². The zero-order valence-corrected chi connectivity index (χ0v) is 13.5. The molecule has 0 N–H and O–H groups in total. The van der Waals surface area contributed by atoms with Gasteiger partial charge in [0.05, 0.1) is 26.2 Å². The van der Waals surface area contributed by atoms with Gasteiger partial charge in [-0.1, -0.05) is 39.5 Å². The summed E-state index contributed by atoms with van der Waals surface area (Å²) in [6.45, 7) is 12.0. The maximum atomic E-state index is 5.87. The molecule has 2 nitrogen and oxygen atoms in total. The van der Waals surface area contributed by atoms with Crippen LogP contribution in [-0.4, -0.2) is 43.9 Å². The molecular formula is C17H36NO+. The summed E-state index contributed by atoms with van der Waals surface area (Å²) in [4.78, 5) is 0. The summed E-state index contributed by atoms with van der Waals surface area (Å²) >= 11 is 0. The second kappa shape index (κ2) is 10.7. The van der Waals surface area contributed by atoms with Gasteiger partial charge in [0.25, 0.3) is 0 Å². The zero-order chi connectivity index (χ0) is 13.8. The van der Waals surface area contributed by atoms with Gasteiger partial charge in [-0.25, -0.2) is 0 Å². The Hall–Kier alpha value is -0.0800. The van der Waals surface area contributed by atoms with E-state index in [-0.39, 0.29) is 0 Å². The second-order valence-corrected chi connectivity index (χ2v) is 6.32. The Bertz CT molecular complexity index is 199. The van der Waals surface area contributed by atoms with Crippen LogP contribution in [0.15, 0.2) is 0 Å². The summed E-state index contributed by atoms with van der Waals surface area (Å²) in [5.41, 5.74) is 0. The van der Waals surface area contributed by atoms with Gasteiger partial charge in [0.15, 0.2) is 0 Å². The molecule has 1 aliphatic heterocycles. The molecule has 114 valence electrons. The van der Waals surface area contributed by atoms with E-state index >= 15 is 0 Å². The fourth-order valence-electron chi connectivity index (χ4n) is 3.23. The van der Waals surface area contributed by atoms with Gasteiger partial charge in [-0.2, -0.15) is 0 Å². The van der Waals surface area contributed by atoms with Crippen LogP contribution in [0.25, 0.3) is 0 Å². The van der Waals surface area contributed by atoms with Crippen molar-refractivity contribution >= 4 is 0 Å². The Kier molecular flexibility index (Phi) is 9.54. The molecule has 1 rings (SSSR count). The summed E-state index contributed by atoms with van der Waals surface area (Å²) < 4.78 is 7.22. The largest absolute Gasteiger partial charge is 0.376 e. The molecule has 0 spiro atoms. The molecule has 0 bridgehead atoms. The van der Waals surface area contributed by atoms with Crippen molar-refractivity contribution in [3.8, 4) is 0 Å². The molecule has 19 heavy (non-hydrogen) atoms. The molecule has 1 heterocycles. The van der Waals surface area contributed by atoms with Crippen molar-refractivity contribution in [2.24, 2.45) is 0 Å². The van der Waals surface area contributed by atoms with E-state index in [1.165, 1.54) is 88.4 Å². The summed E-state index contributed by atoms with van der Waals surface area (Å²) in [6.07, 6.45) is 12.3. The monoisotopic (exact) mass is 270 g/mol. The molecule has 0 atom stereocenters. The molecule has 0 unspecified atom stereocenters. The van der Waals surface area contributed by atoms with Crippen molar-refractivity contribution in [2.75, 3.05) is 39.4 Å². The van der Waals surface area contributed by atoms with E-state index in [9.17, 15) is 0 Å². The minimum absolute atomic E-state index is 0.980. The van der Waals surface area contributed by atoms with Gasteiger partial charge in [0, 0.05) is 6.61 Å². The van der Waals surface area contributed by atoms with Gasteiger partial charge in [-0.05, 0) is 32.1 Å². The van der Waals surface area contributed by atoms with Crippen LogP contribution in [0.3, 0.4) is 0 Å². The number of rotatable bonds is 11. The third-order valence-corrected chi connectivity index (χ3v) is 4.60. The van der Waals surface area contributed by atoms with Crippen LogP contribution in [0.1, 0.15) is 71.6 Å². The molecule has 1 fully saturated rings. The first-order valence-corrected chi connectivity index (χ1v) is 8.76. The van der Waals surface area contributed by atoms with Gasteiger partial charge in [-0.15, -0.1) is 0 Å². The molecule has 0 aliphatic carbocycles. The number of piperidine rings is 1. The minimum Gasteiger partial charge on any atom is -0.376 e. The molecule has 0 saturated carbocycles. The maximum absolute atomic E-state index is 5.87. The Labute approximate surface area is 121 Å². The molecule has 0 aromatic heterocycles. The lowest BCUT2D eigenvalue weighted by Crippen LogP contribution is -2.53. The number of nitrogens with zero attached hydrogens (tertiary/aromatic N) is 1. The first-order chi connectivity index (χ1) is 9.33. The van der Waals surface area contributed by atoms with Crippen molar-refractivity contribution in [1.29, 1.82) is 0 Å². The Morgan fingerprint density at radius 3 is 2.16 bits per heavy atom. The van der Waals surface area contributed by atoms with Crippen LogP contribution in [0.4, 0.5) is 0 Å².